The van der Waals surface area contributed by atoms with Gasteiger partial charge in [0.05, 0.1) is 6.54 Å². The number of nitrogens with zero attached hydrogens (tertiary/aromatic N) is 1. The number of thioether (sulfide) groups is 1. The van der Waals surface area contributed by atoms with Crippen LogP contribution >= 0.6 is 11.8 Å². The molecule has 0 unspecified atom stereocenters. The Bertz CT molecular complexity index is 372. The number of halogens is 3. The molecule has 0 saturated carbocycles. The van der Waals surface area contributed by atoms with Crippen LogP contribution in [0.25, 0.3) is 0 Å². The summed E-state index contributed by atoms with van der Waals surface area (Å²) in [7, 11) is 0. The van der Waals surface area contributed by atoms with Gasteiger partial charge in [-0.3, -0.25) is 4.90 Å². The first-order chi connectivity index (χ1) is 9.76. The molecule has 2 saturated heterocycles. The van der Waals surface area contributed by atoms with Crippen LogP contribution in [0.15, 0.2) is 0 Å². The Balaban J connectivity index is 1.67. The van der Waals surface area contributed by atoms with E-state index in [0.717, 1.165) is 12.2 Å². The summed E-state index contributed by atoms with van der Waals surface area (Å²) in [6.07, 6.45) is -1.36. The molecule has 4 nitrogen and oxygen atoms in total. The summed E-state index contributed by atoms with van der Waals surface area (Å²) in [6, 6.07) is -0.473. The van der Waals surface area contributed by atoms with E-state index in [0.29, 0.717) is 19.5 Å². The average molecular weight is 325 g/mol. The van der Waals surface area contributed by atoms with E-state index in [1.807, 2.05) is 11.8 Å². The number of carbonyl (C=O) groups is 1. The first kappa shape index (κ1) is 16.7. The molecule has 2 atom stereocenters. The SMILES string of the molecule is C[C@]1(CNC(=O)N[C@H]2CCN(CC(F)(F)F)C2)CCCS1. The normalized spacial score (nSPS) is 30.6. The van der Waals surface area contributed by atoms with Gasteiger partial charge < -0.3 is 10.6 Å². The van der Waals surface area contributed by atoms with Crippen LogP contribution < -0.4 is 10.6 Å². The van der Waals surface area contributed by atoms with E-state index in [2.05, 4.69) is 17.6 Å². The van der Waals surface area contributed by atoms with E-state index in [4.69, 9.17) is 0 Å². The molecule has 2 aliphatic heterocycles. The number of hydrogen-bond acceptors (Lipinski definition) is 3. The molecule has 0 aromatic carbocycles. The highest BCUT2D eigenvalue weighted by molar-refractivity contribution is 8.00. The maximum Gasteiger partial charge on any atom is 0.401 e. The second kappa shape index (κ2) is 6.64. The Morgan fingerprint density at radius 1 is 1.48 bits per heavy atom. The molecule has 122 valence electrons. The smallest absolute Gasteiger partial charge is 0.337 e. The van der Waals surface area contributed by atoms with Crippen molar-refractivity contribution in [2.24, 2.45) is 0 Å². The molecule has 2 N–H and O–H groups in total. The van der Waals surface area contributed by atoms with Crippen molar-refractivity contribution in [3.63, 3.8) is 0 Å². The maximum absolute atomic E-state index is 12.3. The maximum atomic E-state index is 12.3. The molecule has 0 radical (unpaired) electrons. The summed E-state index contributed by atoms with van der Waals surface area (Å²) < 4.78 is 37.0. The minimum Gasteiger partial charge on any atom is -0.337 e. The Kier molecular flexibility index (Phi) is 5.29. The number of urea groups is 1. The number of rotatable bonds is 4. The summed E-state index contributed by atoms with van der Waals surface area (Å²) in [4.78, 5) is 13.2. The number of nitrogens with one attached hydrogen (secondary N) is 2. The lowest BCUT2D eigenvalue weighted by Gasteiger charge is -2.24. The van der Waals surface area contributed by atoms with E-state index in [1.54, 1.807) is 0 Å². The van der Waals surface area contributed by atoms with E-state index >= 15 is 0 Å². The van der Waals surface area contributed by atoms with Crippen LogP contribution in [0.1, 0.15) is 26.2 Å². The highest BCUT2D eigenvalue weighted by Crippen LogP contribution is 2.36. The van der Waals surface area contributed by atoms with E-state index in [9.17, 15) is 18.0 Å². The molecule has 0 spiro atoms. The third kappa shape index (κ3) is 5.58. The largest absolute Gasteiger partial charge is 0.401 e. The molecule has 2 rings (SSSR count). The van der Waals surface area contributed by atoms with Crippen molar-refractivity contribution in [2.45, 2.75) is 43.2 Å². The van der Waals surface area contributed by atoms with Crippen molar-refractivity contribution in [1.29, 1.82) is 0 Å². The summed E-state index contributed by atoms with van der Waals surface area (Å²) in [5, 5.41) is 5.61. The highest BCUT2D eigenvalue weighted by Gasteiger charge is 2.35. The first-order valence-electron chi connectivity index (χ1n) is 7.23. The van der Waals surface area contributed by atoms with Crippen LogP contribution in [-0.2, 0) is 0 Å². The van der Waals surface area contributed by atoms with Crippen molar-refractivity contribution in [3.05, 3.63) is 0 Å². The fraction of sp³-hybridized carbons (Fsp3) is 0.923. The Hall–Kier alpha value is -0.630. The fourth-order valence-electron chi connectivity index (χ4n) is 2.83. The minimum atomic E-state index is -4.18. The molecular formula is C13H22F3N3OS. The number of amides is 2. The van der Waals surface area contributed by atoms with E-state index in [-0.39, 0.29) is 23.4 Å². The molecule has 2 fully saturated rings. The topological polar surface area (TPSA) is 44.4 Å². The molecule has 21 heavy (non-hydrogen) atoms. The van der Waals surface area contributed by atoms with Gasteiger partial charge in [0.1, 0.15) is 0 Å². The molecule has 2 aliphatic rings. The molecule has 0 aromatic heterocycles. The lowest BCUT2D eigenvalue weighted by atomic mass is 10.1. The first-order valence-corrected chi connectivity index (χ1v) is 8.22. The Morgan fingerprint density at radius 3 is 2.86 bits per heavy atom. The van der Waals surface area contributed by atoms with Crippen molar-refractivity contribution in [3.8, 4) is 0 Å². The van der Waals surface area contributed by atoms with Crippen molar-refractivity contribution in [2.75, 3.05) is 31.9 Å². The van der Waals surface area contributed by atoms with E-state index in [1.165, 1.54) is 11.3 Å². The van der Waals surface area contributed by atoms with Gasteiger partial charge in [0.25, 0.3) is 0 Å². The monoisotopic (exact) mass is 325 g/mol. The van der Waals surface area contributed by atoms with Gasteiger partial charge in [-0.1, -0.05) is 0 Å². The van der Waals surface area contributed by atoms with Gasteiger partial charge in [-0.15, -0.1) is 0 Å². The van der Waals surface area contributed by atoms with E-state index < -0.39 is 12.7 Å². The molecule has 0 bridgehead atoms. The van der Waals surface area contributed by atoms with Gasteiger partial charge in [-0.05, 0) is 31.9 Å². The number of alkyl halides is 3. The van der Waals surface area contributed by atoms with Crippen LogP contribution in [0.4, 0.5) is 18.0 Å². The molecule has 0 aromatic rings. The van der Waals surface area contributed by atoms with Crippen LogP contribution in [0, 0.1) is 0 Å². The van der Waals surface area contributed by atoms with Gasteiger partial charge >= 0.3 is 12.2 Å². The summed E-state index contributed by atoms with van der Waals surface area (Å²) in [6.45, 7) is 2.46. The van der Waals surface area contributed by atoms with Gasteiger partial charge in [-0.25, -0.2) is 4.79 Å². The summed E-state index contributed by atoms with van der Waals surface area (Å²) in [5.41, 5.74) is 0. The van der Waals surface area contributed by atoms with Crippen molar-refractivity contribution >= 4 is 17.8 Å². The standard InChI is InChI=1S/C13H22F3N3OS/c1-12(4-2-6-21-12)8-17-11(20)18-10-3-5-19(7-10)9-13(14,15)16/h10H,2-9H2,1H3,(H2,17,18,20)/t10-,12+/m0/s1. The second-order valence-corrected chi connectivity index (χ2v) is 7.75. The number of likely N-dealkylation sites (tertiary alicyclic amines) is 1. The lowest BCUT2D eigenvalue weighted by molar-refractivity contribution is -0.143. The zero-order valence-electron chi connectivity index (χ0n) is 12.1. The molecule has 2 amide bonds. The zero-order valence-corrected chi connectivity index (χ0v) is 12.9. The Morgan fingerprint density at radius 2 is 2.24 bits per heavy atom. The number of carbonyl (C=O) groups excluding carboxylic acids is 1. The van der Waals surface area contributed by atoms with Gasteiger partial charge in [0.2, 0.25) is 0 Å². The summed E-state index contributed by atoms with van der Waals surface area (Å²) in [5.74, 6) is 1.12. The molecule has 8 heteroatoms. The zero-order chi connectivity index (χ0) is 15.5. The predicted octanol–water partition coefficient (Wildman–Crippen LogP) is 2.21. The van der Waals surface area contributed by atoms with Gasteiger partial charge in [-0.2, -0.15) is 24.9 Å². The summed E-state index contributed by atoms with van der Waals surface area (Å²) >= 11 is 1.86. The molecular weight excluding hydrogens is 303 g/mol. The van der Waals surface area contributed by atoms with Gasteiger partial charge in [0.15, 0.2) is 0 Å². The van der Waals surface area contributed by atoms with Crippen LogP contribution in [0.5, 0.6) is 0 Å². The van der Waals surface area contributed by atoms with Crippen molar-refractivity contribution in [1.82, 2.24) is 15.5 Å². The Labute approximate surface area is 127 Å². The van der Waals surface area contributed by atoms with Crippen LogP contribution in [0.3, 0.4) is 0 Å². The quantitative estimate of drug-likeness (QED) is 0.833. The second-order valence-electron chi connectivity index (χ2n) is 6.06. The lowest BCUT2D eigenvalue weighted by Crippen LogP contribution is -2.47. The van der Waals surface area contributed by atoms with Crippen molar-refractivity contribution < 1.29 is 18.0 Å². The number of hydrogen-bond donors (Lipinski definition) is 2. The average Bonchev–Trinajstić information content (AvgIpc) is 2.95. The molecule has 0 aliphatic carbocycles. The highest BCUT2D eigenvalue weighted by atomic mass is 32.2. The van der Waals surface area contributed by atoms with Crippen LogP contribution in [-0.4, -0.2) is 59.8 Å². The predicted molar refractivity (Wildman–Crippen MR) is 77.5 cm³/mol. The molecule has 2 heterocycles. The minimum absolute atomic E-state index is 0.0926. The third-order valence-electron chi connectivity index (χ3n) is 3.93. The van der Waals surface area contributed by atoms with Gasteiger partial charge in [0, 0.05) is 30.4 Å². The van der Waals surface area contributed by atoms with Crippen LogP contribution in [0.2, 0.25) is 0 Å². The third-order valence-corrected chi connectivity index (χ3v) is 5.47. The fourth-order valence-corrected chi connectivity index (χ4v) is 4.07.